The van der Waals surface area contributed by atoms with Crippen LogP contribution in [0, 0.1) is 18.3 Å². The molecule has 0 radical (unpaired) electrons. The molecule has 0 saturated carbocycles. The zero-order valence-corrected chi connectivity index (χ0v) is 15.6. The first-order valence-corrected chi connectivity index (χ1v) is 8.82. The number of nitrogens with zero attached hydrogens (tertiary/aromatic N) is 5. The lowest BCUT2D eigenvalue weighted by Gasteiger charge is -2.16. The van der Waals surface area contributed by atoms with Crippen molar-refractivity contribution in [1.82, 2.24) is 20.2 Å². The molecule has 0 amide bonds. The molecule has 1 aromatic carbocycles. The van der Waals surface area contributed by atoms with Crippen LogP contribution in [0.4, 0.5) is 11.6 Å². The minimum Gasteiger partial charge on any atom is -0.313 e. The summed E-state index contributed by atoms with van der Waals surface area (Å²) in [6.45, 7) is 2.01. The van der Waals surface area contributed by atoms with Crippen molar-refractivity contribution in [3.63, 3.8) is 0 Å². The van der Waals surface area contributed by atoms with Crippen molar-refractivity contribution >= 4 is 11.6 Å². The number of anilines is 2. The van der Waals surface area contributed by atoms with Crippen LogP contribution in [-0.2, 0) is 0 Å². The van der Waals surface area contributed by atoms with E-state index in [0.717, 1.165) is 39.6 Å². The number of aryl methyl sites for hydroxylation is 1. The highest BCUT2D eigenvalue weighted by Gasteiger charge is 2.12. The Bertz CT molecular complexity index is 1160. The average Bonchev–Trinajstić information content (AvgIpc) is 3.24. The SMILES string of the molecule is Cc1cc(C#N)ccc1-c1ccnc(N(C)c2cc(-c3ccncc3)[nH]n2)c1. The van der Waals surface area contributed by atoms with E-state index in [9.17, 15) is 0 Å². The van der Waals surface area contributed by atoms with Crippen LogP contribution in [0.3, 0.4) is 0 Å². The highest BCUT2D eigenvalue weighted by molar-refractivity contribution is 5.72. The van der Waals surface area contributed by atoms with E-state index in [0.29, 0.717) is 5.56 Å². The summed E-state index contributed by atoms with van der Waals surface area (Å²) in [4.78, 5) is 10.5. The van der Waals surface area contributed by atoms with Gasteiger partial charge in [0.25, 0.3) is 0 Å². The maximum Gasteiger partial charge on any atom is 0.156 e. The number of nitrogens with one attached hydrogen (secondary N) is 1. The van der Waals surface area contributed by atoms with Crippen molar-refractivity contribution in [3.8, 4) is 28.5 Å². The Balaban J connectivity index is 1.65. The molecule has 4 aromatic rings. The summed E-state index contributed by atoms with van der Waals surface area (Å²) in [6, 6.07) is 17.7. The zero-order chi connectivity index (χ0) is 19.5. The number of H-pyrrole nitrogens is 1. The summed E-state index contributed by atoms with van der Waals surface area (Å²) in [5.41, 5.74) is 5.78. The van der Waals surface area contributed by atoms with Crippen LogP contribution in [0.5, 0.6) is 0 Å². The summed E-state index contributed by atoms with van der Waals surface area (Å²) in [6.07, 6.45) is 5.30. The van der Waals surface area contributed by atoms with Gasteiger partial charge in [-0.2, -0.15) is 10.4 Å². The van der Waals surface area contributed by atoms with Crippen LogP contribution in [0.25, 0.3) is 22.4 Å². The average molecular weight is 366 g/mol. The standard InChI is InChI=1S/C22H18N6/c1-15-11-16(14-23)3-4-19(15)18-7-10-25-21(12-18)28(2)22-13-20(26-27-22)17-5-8-24-9-6-17/h3-13H,1-2H3,(H,26,27). The molecule has 0 spiro atoms. The van der Waals surface area contributed by atoms with Crippen LogP contribution >= 0.6 is 0 Å². The van der Waals surface area contributed by atoms with Gasteiger partial charge in [0.1, 0.15) is 5.82 Å². The highest BCUT2D eigenvalue weighted by Crippen LogP contribution is 2.29. The number of hydrogen-bond acceptors (Lipinski definition) is 5. The summed E-state index contributed by atoms with van der Waals surface area (Å²) in [5.74, 6) is 1.56. The first kappa shape index (κ1) is 17.4. The molecule has 0 atom stereocenters. The van der Waals surface area contributed by atoms with Crippen LogP contribution in [-0.4, -0.2) is 27.2 Å². The normalized spacial score (nSPS) is 10.5. The van der Waals surface area contributed by atoms with E-state index >= 15 is 0 Å². The lowest BCUT2D eigenvalue weighted by atomic mass is 9.99. The van der Waals surface area contributed by atoms with Gasteiger partial charge in [0.15, 0.2) is 5.82 Å². The Hall–Kier alpha value is -3.98. The summed E-state index contributed by atoms with van der Waals surface area (Å²) in [5, 5.41) is 16.5. The van der Waals surface area contributed by atoms with E-state index < -0.39 is 0 Å². The van der Waals surface area contributed by atoms with E-state index in [1.807, 2.05) is 67.4 Å². The second-order valence-corrected chi connectivity index (χ2v) is 6.48. The fraction of sp³-hybridized carbons (Fsp3) is 0.0909. The Morgan fingerprint density at radius 2 is 1.71 bits per heavy atom. The second kappa shape index (κ2) is 7.33. The van der Waals surface area contributed by atoms with Crippen molar-refractivity contribution in [2.24, 2.45) is 0 Å². The third-order valence-corrected chi connectivity index (χ3v) is 4.65. The van der Waals surface area contributed by atoms with Crippen LogP contribution in [0.1, 0.15) is 11.1 Å². The van der Waals surface area contributed by atoms with E-state index in [4.69, 9.17) is 5.26 Å². The van der Waals surface area contributed by atoms with Crippen LogP contribution in [0.15, 0.2) is 67.1 Å². The fourth-order valence-corrected chi connectivity index (χ4v) is 3.11. The number of hydrogen-bond donors (Lipinski definition) is 1. The molecule has 0 fully saturated rings. The van der Waals surface area contributed by atoms with Gasteiger partial charge in [-0.3, -0.25) is 10.1 Å². The topological polar surface area (TPSA) is 81.5 Å². The number of aromatic amines is 1. The predicted molar refractivity (Wildman–Crippen MR) is 109 cm³/mol. The molecular formula is C22H18N6. The van der Waals surface area contributed by atoms with Gasteiger partial charge in [-0.25, -0.2) is 4.98 Å². The number of nitriles is 1. The minimum absolute atomic E-state index is 0.660. The Kier molecular flexibility index (Phi) is 4.56. The molecule has 1 N–H and O–H groups in total. The van der Waals surface area contributed by atoms with Gasteiger partial charge in [0.05, 0.1) is 17.3 Å². The summed E-state index contributed by atoms with van der Waals surface area (Å²) < 4.78 is 0. The number of rotatable bonds is 4. The first-order chi connectivity index (χ1) is 13.7. The van der Waals surface area contributed by atoms with Gasteiger partial charge < -0.3 is 4.90 Å². The molecular weight excluding hydrogens is 348 g/mol. The molecule has 0 aliphatic heterocycles. The molecule has 0 bridgehead atoms. The molecule has 0 unspecified atom stereocenters. The number of benzene rings is 1. The monoisotopic (exact) mass is 366 g/mol. The van der Waals surface area contributed by atoms with Gasteiger partial charge >= 0.3 is 0 Å². The van der Waals surface area contributed by atoms with Crippen molar-refractivity contribution in [2.45, 2.75) is 6.92 Å². The molecule has 6 heteroatoms. The van der Waals surface area contributed by atoms with Gasteiger partial charge in [-0.05, 0) is 60.0 Å². The van der Waals surface area contributed by atoms with Gasteiger partial charge in [0.2, 0.25) is 0 Å². The molecule has 6 nitrogen and oxygen atoms in total. The van der Waals surface area contributed by atoms with Crippen molar-refractivity contribution in [2.75, 3.05) is 11.9 Å². The van der Waals surface area contributed by atoms with E-state index in [1.165, 1.54) is 0 Å². The lowest BCUT2D eigenvalue weighted by molar-refractivity contribution is 1.02. The Morgan fingerprint density at radius 3 is 2.46 bits per heavy atom. The third-order valence-electron chi connectivity index (χ3n) is 4.65. The Labute approximate surface area is 163 Å². The second-order valence-electron chi connectivity index (χ2n) is 6.48. The largest absolute Gasteiger partial charge is 0.313 e. The van der Waals surface area contributed by atoms with Crippen molar-refractivity contribution < 1.29 is 0 Å². The summed E-state index contributed by atoms with van der Waals surface area (Å²) >= 11 is 0. The van der Waals surface area contributed by atoms with Crippen molar-refractivity contribution in [3.05, 3.63) is 78.2 Å². The summed E-state index contributed by atoms with van der Waals surface area (Å²) in [7, 11) is 1.93. The molecule has 0 aliphatic carbocycles. The molecule has 4 rings (SSSR count). The minimum atomic E-state index is 0.660. The number of pyridine rings is 2. The lowest BCUT2D eigenvalue weighted by Crippen LogP contribution is -2.11. The molecule has 0 aliphatic rings. The maximum atomic E-state index is 9.07. The van der Waals surface area contributed by atoms with E-state index in [-0.39, 0.29) is 0 Å². The Morgan fingerprint density at radius 1 is 0.929 bits per heavy atom. The van der Waals surface area contributed by atoms with E-state index in [1.54, 1.807) is 18.6 Å². The van der Waals surface area contributed by atoms with Gasteiger partial charge in [-0.15, -0.1) is 0 Å². The van der Waals surface area contributed by atoms with Crippen LogP contribution in [0.2, 0.25) is 0 Å². The molecule has 3 heterocycles. The highest BCUT2D eigenvalue weighted by atomic mass is 15.3. The quantitative estimate of drug-likeness (QED) is 0.576. The molecule has 136 valence electrons. The van der Waals surface area contributed by atoms with Crippen molar-refractivity contribution in [1.29, 1.82) is 5.26 Å². The van der Waals surface area contributed by atoms with E-state index in [2.05, 4.69) is 26.2 Å². The smallest absolute Gasteiger partial charge is 0.156 e. The third kappa shape index (κ3) is 3.33. The number of aromatic nitrogens is 4. The maximum absolute atomic E-state index is 9.07. The molecule has 28 heavy (non-hydrogen) atoms. The van der Waals surface area contributed by atoms with Crippen LogP contribution < -0.4 is 4.90 Å². The zero-order valence-electron chi connectivity index (χ0n) is 15.6. The first-order valence-electron chi connectivity index (χ1n) is 8.82. The van der Waals surface area contributed by atoms with Gasteiger partial charge in [-0.1, -0.05) is 6.07 Å². The fourth-order valence-electron chi connectivity index (χ4n) is 3.11. The van der Waals surface area contributed by atoms with Gasteiger partial charge in [0, 0.05) is 37.3 Å². The predicted octanol–water partition coefficient (Wildman–Crippen LogP) is 4.48. The molecule has 0 saturated heterocycles. The molecule has 3 aromatic heterocycles.